The molecule has 3 heterocycles. The fourth-order valence-electron chi connectivity index (χ4n) is 7.33. The lowest BCUT2D eigenvalue weighted by Crippen LogP contribution is -2.17. The van der Waals surface area contributed by atoms with Crippen LogP contribution < -0.4 is 0 Å². The van der Waals surface area contributed by atoms with E-state index in [1.807, 2.05) is 109 Å². The van der Waals surface area contributed by atoms with E-state index in [1.54, 1.807) is 6.08 Å². The van der Waals surface area contributed by atoms with Gasteiger partial charge in [-0.3, -0.25) is 10.8 Å². The van der Waals surface area contributed by atoms with Crippen LogP contribution in [-0.4, -0.2) is 26.4 Å². The van der Waals surface area contributed by atoms with E-state index < -0.39 is 0 Å². The van der Waals surface area contributed by atoms with E-state index in [0.717, 1.165) is 94.4 Å². The average molecular weight is 680 g/mol. The van der Waals surface area contributed by atoms with Crippen LogP contribution in [0.25, 0.3) is 95.2 Å². The van der Waals surface area contributed by atoms with Crippen LogP contribution in [0, 0.1) is 10.8 Å². The number of fused-ring (bicyclic) bond motifs is 6. The third-order valence-corrected chi connectivity index (χ3v) is 9.96. The minimum Gasteiger partial charge on any atom is -0.455 e. The molecule has 248 valence electrons. The summed E-state index contributed by atoms with van der Waals surface area (Å²) in [6.45, 7) is 0. The van der Waals surface area contributed by atoms with Crippen molar-refractivity contribution in [2.75, 3.05) is 0 Å². The zero-order valence-corrected chi connectivity index (χ0v) is 28.3. The Balaban J connectivity index is 1.11. The Morgan fingerprint density at radius 1 is 0.472 bits per heavy atom. The van der Waals surface area contributed by atoms with Crippen LogP contribution in [-0.2, 0) is 0 Å². The number of nitrogens with one attached hydrogen (secondary N) is 2. The zero-order valence-electron chi connectivity index (χ0n) is 28.3. The number of rotatable bonds is 5. The maximum atomic E-state index is 8.89. The lowest BCUT2D eigenvalue weighted by Gasteiger charge is -2.19. The van der Waals surface area contributed by atoms with Crippen molar-refractivity contribution in [2.45, 2.75) is 0 Å². The smallest absolute Gasteiger partial charge is 0.160 e. The van der Waals surface area contributed by atoms with Crippen molar-refractivity contribution >= 4 is 50.3 Å². The Labute approximate surface area is 304 Å². The fourth-order valence-corrected chi connectivity index (χ4v) is 7.33. The molecule has 6 heteroatoms. The number of allylic oxidation sites excluding steroid dienone is 1. The normalized spacial score (nSPS) is 12.5. The minimum absolute atomic E-state index is 0.182. The van der Waals surface area contributed by atoms with Gasteiger partial charge in [0.2, 0.25) is 0 Å². The number of pyridine rings is 1. The summed E-state index contributed by atoms with van der Waals surface area (Å²) in [5, 5.41) is 20.4. The van der Waals surface area contributed by atoms with Crippen molar-refractivity contribution in [2.24, 2.45) is 0 Å². The van der Waals surface area contributed by atoms with Crippen molar-refractivity contribution in [3.05, 3.63) is 169 Å². The molecule has 0 bridgehead atoms. The van der Waals surface area contributed by atoms with Crippen LogP contribution in [0.4, 0.5) is 0 Å². The van der Waals surface area contributed by atoms with E-state index in [1.165, 1.54) is 0 Å². The molecule has 1 aliphatic rings. The Kier molecular flexibility index (Phi) is 7.01. The molecule has 0 unspecified atom stereocenters. The zero-order chi connectivity index (χ0) is 35.5. The number of hydrogen-bond acceptors (Lipinski definition) is 6. The van der Waals surface area contributed by atoms with Crippen LogP contribution in [0.1, 0.15) is 11.1 Å². The first-order valence-corrected chi connectivity index (χ1v) is 17.4. The molecule has 0 amide bonds. The molecule has 6 nitrogen and oxygen atoms in total. The highest BCUT2D eigenvalue weighted by atomic mass is 16.3. The molecule has 10 rings (SSSR count). The summed E-state index contributed by atoms with van der Waals surface area (Å²) < 4.78 is 6.34. The first-order valence-electron chi connectivity index (χ1n) is 17.4. The lowest BCUT2D eigenvalue weighted by atomic mass is 9.87. The van der Waals surface area contributed by atoms with Gasteiger partial charge < -0.3 is 4.42 Å². The van der Waals surface area contributed by atoms with E-state index in [2.05, 4.69) is 48.5 Å². The van der Waals surface area contributed by atoms with Crippen molar-refractivity contribution in [1.29, 1.82) is 10.8 Å². The van der Waals surface area contributed by atoms with Gasteiger partial charge >= 0.3 is 0 Å². The van der Waals surface area contributed by atoms with Gasteiger partial charge in [-0.15, -0.1) is 0 Å². The highest BCUT2D eigenvalue weighted by Gasteiger charge is 2.23. The number of hydrogen-bond donors (Lipinski definition) is 2. The molecule has 9 aromatic rings. The summed E-state index contributed by atoms with van der Waals surface area (Å²) >= 11 is 0. The first-order chi connectivity index (χ1) is 26.1. The maximum absolute atomic E-state index is 8.89. The molecule has 6 aromatic carbocycles. The third-order valence-electron chi connectivity index (χ3n) is 9.96. The molecule has 0 atom stereocenters. The number of benzene rings is 6. The van der Waals surface area contributed by atoms with Crippen molar-refractivity contribution in [1.82, 2.24) is 15.0 Å². The Morgan fingerprint density at radius 2 is 1.13 bits per heavy atom. The molecular formula is C47H29N5O. The molecule has 0 aliphatic heterocycles. The summed E-state index contributed by atoms with van der Waals surface area (Å²) in [6.07, 6.45) is 3.59. The predicted octanol–water partition coefficient (Wildman–Crippen LogP) is 11.7. The quantitative estimate of drug-likeness (QED) is 0.189. The maximum Gasteiger partial charge on any atom is 0.160 e. The second-order valence-electron chi connectivity index (χ2n) is 13.2. The molecule has 1 aliphatic carbocycles. The molecule has 2 N–H and O–H groups in total. The Morgan fingerprint density at radius 3 is 1.92 bits per heavy atom. The SMILES string of the molecule is N=C1C=Cc2c(-c3ccccc3)nc3cc(-c4cc(-c5ccc(-c6cccc7c6oc6ccccc67)cc5)nc(-c5ccccc5)n4)ccc3c2C1=N. The van der Waals surface area contributed by atoms with Crippen molar-refractivity contribution in [3.8, 4) is 56.3 Å². The van der Waals surface area contributed by atoms with E-state index in [0.29, 0.717) is 5.82 Å². The molecule has 0 radical (unpaired) electrons. The highest BCUT2D eigenvalue weighted by molar-refractivity contribution is 6.54. The highest BCUT2D eigenvalue weighted by Crippen LogP contribution is 2.38. The fraction of sp³-hybridized carbons (Fsp3) is 0. The van der Waals surface area contributed by atoms with Gasteiger partial charge in [-0.05, 0) is 35.9 Å². The molecule has 0 saturated carbocycles. The summed E-state index contributed by atoms with van der Waals surface area (Å²) in [6, 6.07) is 51.0. The predicted molar refractivity (Wildman–Crippen MR) is 215 cm³/mol. The monoisotopic (exact) mass is 679 g/mol. The molecule has 0 saturated heterocycles. The Hall–Kier alpha value is -7.31. The van der Waals surface area contributed by atoms with Crippen molar-refractivity contribution in [3.63, 3.8) is 0 Å². The minimum atomic E-state index is 0.182. The average Bonchev–Trinajstić information content (AvgIpc) is 3.61. The van der Waals surface area contributed by atoms with Crippen molar-refractivity contribution < 1.29 is 4.42 Å². The van der Waals surface area contributed by atoms with Gasteiger partial charge in [0.05, 0.1) is 34.0 Å². The molecule has 0 fully saturated rings. The van der Waals surface area contributed by atoms with Crippen LogP contribution in [0.2, 0.25) is 0 Å². The summed E-state index contributed by atoms with van der Waals surface area (Å²) in [5.41, 5.74) is 12.6. The van der Waals surface area contributed by atoms with Crippen LogP contribution in [0.3, 0.4) is 0 Å². The van der Waals surface area contributed by atoms with E-state index in [-0.39, 0.29) is 11.4 Å². The number of para-hydroxylation sites is 2. The van der Waals surface area contributed by atoms with Gasteiger partial charge in [0.15, 0.2) is 5.82 Å². The number of furan rings is 1. The largest absolute Gasteiger partial charge is 0.455 e. The molecular weight excluding hydrogens is 651 g/mol. The second kappa shape index (κ2) is 12.2. The summed E-state index contributed by atoms with van der Waals surface area (Å²) in [7, 11) is 0. The van der Waals surface area contributed by atoms with Gasteiger partial charge in [-0.1, -0.05) is 133 Å². The standard InChI is InChI=1S/C47H29N5O/c48-38-25-24-37-43(44(38)49)36-23-22-32(26-41(36)50-45(37)30-10-3-1-4-11-30)40-27-39(51-47(52-40)31-12-5-2-6-13-31)29-20-18-28(19-21-29)33-15-9-16-35-34-14-7-8-17-42(34)53-46(33)35/h1-27,48-49H. The first kappa shape index (κ1) is 30.5. The second-order valence-corrected chi connectivity index (χ2v) is 13.2. The van der Waals surface area contributed by atoms with Crippen LogP contribution >= 0.6 is 0 Å². The topological polar surface area (TPSA) is 99.5 Å². The van der Waals surface area contributed by atoms with E-state index >= 15 is 0 Å². The van der Waals surface area contributed by atoms with Gasteiger partial charge in [0, 0.05) is 55.1 Å². The van der Waals surface area contributed by atoms with Gasteiger partial charge in [-0.2, -0.15) is 0 Å². The third kappa shape index (κ3) is 5.16. The lowest BCUT2D eigenvalue weighted by molar-refractivity contribution is 0.670. The summed E-state index contributed by atoms with van der Waals surface area (Å²) in [5.74, 6) is 0.623. The molecule has 3 aromatic heterocycles. The molecule has 0 spiro atoms. The van der Waals surface area contributed by atoms with E-state index in [9.17, 15) is 0 Å². The summed E-state index contributed by atoms with van der Waals surface area (Å²) in [4.78, 5) is 15.3. The van der Waals surface area contributed by atoms with Crippen LogP contribution in [0.5, 0.6) is 0 Å². The van der Waals surface area contributed by atoms with Gasteiger partial charge in [-0.25, -0.2) is 15.0 Å². The van der Waals surface area contributed by atoms with E-state index in [4.69, 9.17) is 30.2 Å². The number of aromatic nitrogens is 3. The van der Waals surface area contributed by atoms with Crippen LogP contribution in [0.15, 0.2) is 162 Å². The van der Waals surface area contributed by atoms with Gasteiger partial charge in [0.1, 0.15) is 11.2 Å². The molecule has 53 heavy (non-hydrogen) atoms. The van der Waals surface area contributed by atoms with Gasteiger partial charge in [0.25, 0.3) is 0 Å². The Bertz CT molecular complexity index is 2960. The number of nitrogens with zero attached hydrogens (tertiary/aromatic N) is 3.